The fourth-order valence-corrected chi connectivity index (χ4v) is 5.18. The largest absolute Gasteiger partial charge is 0.481 e. The topological polar surface area (TPSA) is 83.2 Å². The van der Waals surface area contributed by atoms with Gasteiger partial charge in [-0.2, -0.15) is 0 Å². The molecule has 0 amide bonds. The average Bonchev–Trinajstić information content (AvgIpc) is 3.43. The van der Waals surface area contributed by atoms with E-state index in [0.717, 1.165) is 61.6 Å². The Hall–Kier alpha value is -2.22. The molecule has 1 aliphatic rings. The Morgan fingerprint density at radius 1 is 1.27 bits per heavy atom. The molecular weight excluding hydrogens is 420 g/mol. The van der Waals surface area contributed by atoms with Crippen molar-refractivity contribution in [2.45, 2.75) is 64.1 Å². The molecule has 0 aliphatic carbocycles. The van der Waals surface area contributed by atoms with E-state index in [1.807, 2.05) is 24.3 Å². The van der Waals surface area contributed by atoms with Gasteiger partial charge in [-0.3, -0.25) is 14.6 Å². The van der Waals surface area contributed by atoms with Gasteiger partial charge in [0.2, 0.25) is 0 Å². The lowest BCUT2D eigenvalue weighted by molar-refractivity contribution is -0.144. The summed E-state index contributed by atoms with van der Waals surface area (Å²) in [5, 5.41) is 11.3. The summed E-state index contributed by atoms with van der Waals surface area (Å²) < 4.78 is 10.8. The minimum atomic E-state index is -0.825. The van der Waals surface area contributed by atoms with Crippen LogP contribution in [0.1, 0.15) is 57.4 Å². The van der Waals surface area contributed by atoms with Crippen molar-refractivity contribution < 1.29 is 23.8 Å². The molecule has 1 aromatic carbocycles. The number of rotatable bonds is 14. The van der Waals surface area contributed by atoms with Gasteiger partial charge in [0.05, 0.1) is 12.2 Å². The highest BCUT2D eigenvalue weighted by atomic mass is 16.5. The van der Waals surface area contributed by atoms with Gasteiger partial charge in [0.25, 0.3) is 0 Å². The van der Waals surface area contributed by atoms with Crippen molar-refractivity contribution in [1.82, 2.24) is 9.80 Å². The lowest BCUT2D eigenvalue weighted by Crippen LogP contribution is -2.53. The number of aldehydes is 1. The predicted octanol–water partition coefficient (Wildman–Crippen LogP) is 4.37. The number of fused-ring (bicyclic) bond motifs is 1. The number of benzene rings is 1. The summed E-state index contributed by atoms with van der Waals surface area (Å²) in [6.45, 7) is 6.93. The molecule has 182 valence electrons. The molecule has 4 unspecified atom stereocenters. The van der Waals surface area contributed by atoms with Gasteiger partial charge in [-0.1, -0.05) is 32.8 Å². The number of furan rings is 1. The summed E-state index contributed by atoms with van der Waals surface area (Å²) in [6, 6.07) is 7.51. The quantitative estimate of drug-likeness (QED) is 0.421. The summed E-state index contributed by atoms with van der Waals surface area (Å²) in [6.07, 6.45) is 6.89. The van der Waals surface area contributed by atoms with Gasteiger partial charge in [0.15, 0.2) is 6.29 Å². The van der Waals surface area contributed by atoms with Gasteiger partial charge in [-0.25, -0.2) is 0 Å². The van der Waals surface area contributed by atoms with Crippen LogP contribution < -0.4 is 0 Å². The number of carbonyl (C=O) groups is 2. The Labute approximate surface area is 196 Å². The molecule has 4 atom stereocenters. The van der Waals surface area contributed by atoms with Crippen LogP contribution in [0.2, 0.25) is 0 Å². The second kappa shape index (κ2) is 12.3. The number of hydrogen-bond donors (Lipinski definition) is 1. The first-order chi connectivity index (χ1) is 16.0. The summed E-state index contributed by atoms with van der Waals surface area (Å²) in [7, 11) is 1.63. The van der Waals surface area contributed by atoms with Gasteiger partial charge in [0, 0.05) is 50.7 Å². The number of nitrogens with zero attached hydrogens (tertiary/aromatic N) is 2. The Morgan fingerprint density at radius 3 is 2.61 bits per heavy atom. The molecule has 0 bridgehead atoms. The van der Waals surface area contributed by atoms with E-state index in [1.54, 1.807) is 13.4 Å². The van der Waals surface area contributed by atoms with Crippen LogP contribution in [0.4, 0.5) is 0 Å². The third kappa shape index (κ3) is 5.83. The Bertz CT molecular complexity index is 890. The Kier molecular flexibility index (Phi) is 9.47. The first kappa shape index (κ1) is 25.4. The van der Waals surface area contributed by atoms with E-state index in [0.29, 0.717) is 19.6 Å². The van der Waals surface area contributed by atoms with Crippen molar-refractivity contribution in [3.05, 3.63) is 36.1 Å². The second-order valence-electron chi connectivity index (χ2n) is 9.03. The van der Waals surface area contributed by atoms with Crippen LogP contribution in [0.3, 0.4) is 0 Å². The predicted molar refractivity (Wildman–Crippen MR) is 128 cm³/mol. The summed E-state index contributed by atoms with van der Waals surface area (Å²) in [5.74, 6) is -1.66. The molecule has 7 nitrogen and oxygen atoms in total. The highest BCUT2D eigenvalue weighted by molar-refractivity contribution is 5.79. The smallest absolute Gasteiger partial charge is 0.308 e. The SMILES string of the molecule is CCCCN(CCCC)C(C=O)N1CC(c2ccc3occc3c2)C(C(=O)O)C1CCOC. The number of carboxylic acid groups (broad SMARTS) is 1. The van der Waals surface area contributed by atoms with E-state index in [1.165, 1.54) is 0 Å². The fraction of sp³-hybridized carbons (Fsp3) is 0.615. The molecule has 33 heavy (non-hydrogen) atoms. The molecule has 1 fully saturated rings. The summed E-state index contributed by atoms with van der Waals surface area (Å²) >= 11 is 0. The van der Waals surface area contributed by atoms with Gasteiger partial charge in [0.1, 0.15) is 11.7 Å². The van der Waals surface area contributed by atoms with Crippen molar-refractivity contribution >= 4 is 23.2 Å². The molecule has 3 rings (SSSR count). The molecule has 1 aromatic heterocycles. The van der Waals surface area contributed by atoms with Crippen LogP contribution in [0, 0.1) is 5.92 Å². The van der Waals surface area contributed by atoms with Crippen LogP contribution in [0.25, 0.3) is 11.0 Å². The van der Waals surface area contributed by atoms with E-state index in [4.69, 9.17) is 9.15 Å². The van der Waals surface area contributed by atoms with Gasteiger partial charge < -0.3 is 19.1 Å². The molecule has 0 saturated carbocycles. The zero-order valence-corrected chi connectivity index (χ0v) is 20.1. The fourth-order valence-electron chi connectivity index (χ4n) is 5.18. The Morgan fingerprint density at radius 2 is 2.00 bits per heavy atom. The van der Waals surface area contributed by atoms with Crippen LogP contribution in [-0.2, 0) is 14.3 Å². The summed E-state index contributed by atoms with van der Waals surface area (Å²) in [5.41, 5.74) is 1.76. The maximum Gasteiger partial charge on any atom is 0.308 e. The number of methoxy groups -OCH3 is 1. The lowest BCUT2D eigenvalue weighted by Gasteiger charge is -2.38. The molecule has 0 radical (unpaired) electrons. The van der Waals surface area contributed by atoms with Crippen molar-refractivity contribution in [1.29, 1.82) is 0 Å². The number of unbranched alkanes of at least 4 members (excludes halogenated alkanes) is 2. The van der Waals surface area contributed by atoms with Gasteiger partial charge in [-0.15, -0.1) is 0 Å². The number of carboxylic acids is 1. The number of ether oxygens (including phenoxy) is 1. The maximum absolute atomic E-state index is 12.6. The number of aliphatic carboxylic acids is 1. The van der Waals surface area contributed by atoms with Crippen molar-refractivity contribution in [2.24, 2.45) is 5.92 Å². The zero-order valence-electron chi connectivity index (χ0n) is 20.1. The van der Waals surface area contributed by atoms with E-state index in [-0.39, 0.29) is 12.0 Å². The minimum absolute atomic E-state index is 0.217. The van der Waals surface area contributed by atoms with Crippen molar-refractivity contribution in [3.63, 3.8) is 0 Å². The van der Waals surface area contributed by atoms with E-state index in [9.17, 15) is 14.7 Å². The van der Waals surface area contributed by atoms with Gasteiger partial charge in [-0.05, 0) is 43.0 Å². The monoisotopic (exact) mass is 458 g/mol. The van der Waals surface area contributed by atoms with E-state index in [2.05, 4.69) is 23.6 Å². The van der Waals surface area contributed by atoms with Gasteiger partial charge >= 0.3 is 5.97 Å². The van der Waals surface area contributed by atoms with E-state index >= 15 is 0 Å². The number of hydrogen-bond acceptors (Lipinski definition) is 6. The van der Waals surface area contributed by atoms with E-state index < -0.39 is 18.1 Å². The lowest BCUT2D eigenvalue weighted by atomic mass is 9.84. The highest BCUT2D eigenvalue weighted by Crippen LogP contribution is 2.41. The normalized spacial score (nSPS) is 22.2. The average molecular weight is 459 g/mol. The molecule has 2 aromatic rings. The standard InChI is InChI=1S/C26H38N2O5/c1-4-6-12-27(13-7-5-2)24(18-29)28-17-21(25(26(30)31)22(28)11-14-32-3)19-8-9-23-20(16-19)10-15-33-23/h8-10,15-16,18,21-22,24-25H,4-7,11-14,17H2,1-3H3,(H,30,31). The Balaban J connectivity index is 1.97. The third-order valence-corrected chi connectivity index (χ3v) is 6.92. The van der Waals surface area contributed by atoms with Crippen molar-refractivity contribution in [3.8, 4) is 0 Å². The molecule has 2 heterocycles. The molecule has 1 aliphatic heterocycles. The number of likely N-dealkylation sites (tertiary alicyclic amines) is 1. The van der Waals surface area contributed by atoms with Crippen LogP contribution >= 0.6 is 0 Å². The third-order valence-electron chi connectivity index (χ3n) is 6.92. The first-order valence-electron chi connectivity index (χ1n) is 12.2. The maximum atomic E-state index is 12.6. The van der Waals surface area contributed by atoms with Crippen molar-refractivity contribution in [2.75, 3.05) is 33.4 Å². The minimum Gasteiger partial charge on any atom is -0.481 e. The second-order valence-corrected chi connectivity index (χ2v) is 9.03. The molecule has 0 spiro atoms. The first-order valence-corrected chi connectivity index (χ1v) is 12.2. The zero-order chi connectivity index (χ0) is 23.8. The molecule has 7 heteroatoms. The molecular formula is C26H38N2O5. The van der Waals surface area contributed by atoms with Crippen LogP contribution in [-0.4, -0.2) is 72.7 Å². The number of carbonyl (C=O) groups excluding carboxylic acids is 1. The summed E-state index contributed by atoms with van der Waals surface area (Å²) in [4.78, 5) is 29.4. The van der Waals surface area contributed by atoms with Crippen LogP contribution in [0.15, 0.2) is 34.9 Å². The molecule has 1 N–H and O–H groups in total. The molecule has 1 saturated heterocycles. The van der Waals surface area contributed by atoms with Crippen LogP contribution in [0.5, 0.6) is 0 Å². The highest BCUT2D eigenvalue weighted by Gasteiger charge is 2.49.